The summed E-state index contributed by atoms with van der Waals surface area (Å²) in [5, 5.41) is 0. The third kappa shape index (κ3) is 7.65. The maximum absolute atomic E-state index is 14.2. The van der Waals surface area contributed by atoms with Crippen LogP contribution in [0.3, 0.4) is 0 Å². The second-order valence-corrected chi connectivity index (χ2v) is 11.6. The fourth-order valence-corrected chi connectivity index (χ4v) is 5.82. The van der Waals surface area contributed by atoms with Gasteiger partial charge < -0.3 is 0 Å². The second-order valence-electron chi connectivity index (χ2n) is 11.6. The van der Waals surface area contributed by atoms with E-state index in [0.717, 1.165) is 13.0 Å². The molecule has 2 aliphatic heterocycles. The van der Waals surface area contributed by atoms with Crippen LogP contribution in [0.25, 0.3) is 11.1 Å². The molecule has 5 rings (SSSR count). The standard InChI is InChI=1S/C32H11F21N2/c1-10-2-4-12(16(6-10)27(36,37)38)22-20(24(29(42,43)44)30(45,46)47)14-8-19-15(9-18(14)54-22)21(25(31(48,49)50)32(51,52)53)23(55-19)13-5-3-11(26(33,34)35)7-17(13)28(39,40)41/h2-9H,1H3. The number of rotatable bonds is 2. The smallest absolute Gasteiger partial charge is 0.247 e. The maximum atomic E-state index is 14.2. The van der Waals surface area contributed by atoms with Crippen LogP contribution in [-0.4, -0.2) is 36.1 Å². The number of aliphatic imine (C=N–C) groups is 2. The van der Waals surface area contributed by atoms with Gasteiger partial charge in [0.2, 0.25) is 0 Å². The van der Waals surface area contributed by atoms with Crippen molar-refractivity contribution < 1.29 is 92.2 Å². The number of hydrogen-bond acceptors (Lipinski definition) is 2. The Hall–Kier alpha value is -4.99. The van der Waals surface area contributed by atoms with Crippen LogP contribution < -0.4 is 0 Å². The Morgan fingerprint density at radius 1 is 0.400 bits per heavy atom. The number of fused-ring (bicyclic) bond motifs is 2. The summed E-state index contributed by atoms with van der Waals surface area (Å²) in [6, 6.07) is 0.189. The van der Waals surface area contributed by atoms with Crippen molar-refractivity contribution in [3.63, 3.8) is 0 Å². The highest BCUT2D eigenvalue weighted by molar-refractivity contribution is 6.40. The van der Waals surface area contributed by atoms with Crippen molar-refractivity contribution in [2.24, 2.45) is 9.98 Å². The van der Waals surface area contributed by atoms with Gasteiger partial charge in [-0.15, -0.1) is 0 Å². The molecule has 296 valence electrons. The average molecular weight is 822 g/mol. The molecule has 0 unspecified atom stereocenters. The maximum Gasteiger partial charge on any atom is 0.422 e. The molecule has 2 nitrogen and oxygen atoms in total. The van der Waals surface area contributed by atoms with Crippen molar-refractivity contribution in [3.05, 3.63) is 104 Å². The lowest BCUT2D eigenvalue weighted by Crippen LogP contribution is -2.29. The van der Waals surface area contributed by atoms with Gasteiger partial charge >= 0.3 is 43.2 Å². The summed E-state index contributed by atoms with van der Waals surface area (Å²) in [4.78, 5) is 6.60. The molecular weight excluding hydrogens is 811 g/mol. The number of allylic oxidation sites excluding steroid dienone is 4. The predicted octanol–water partition coefficient (Wildman–Crippen LogP) is 13.1. The average Bonchev–Trinajstić information content (AvgIpc) is 3.49. The van der Waals surface area contributed by atoms with Gasteiger partial charge in [-0.2, -0.15) is 92.2 Å². The fraction of sp³-hybridized carbons (Fsp3) is 0.250. The molecule has 2 heterocycles. The highest BCUT2D eigenvalue weighted by atomic mass is 19.4. The Morgan fingerprint density at radius 3 is 1.07 bits per heavy atom. The topological polar surface area (TPSA) is 24.7 Å². The molecule has 0 saturated heterocycles. The van der Waals surface area contributed by atoms with Crippen LogP contribution in [0.1, 0.15) is 44.5 Å². The molecule has 2 aliphatic rings. The highest BCUT2D eigenvalue weighted by Crippen LogP contribution is 2.55. The number of alkyl halides is 21. The molecule has 0 aliphatic carbocycles. The lowest BCUT2D eigenvalue weighted by atomic mass is 9.87. The van der Waals surface area contributed by atoms with E-state index in [-0.39, 0.29) is 35.9 Å². The van der Waals surface area contributed by atoms with Crippen molar-refractivity contribution >= 4 is 33.9 Å². The van der Waals surface area contributed by atoms with Gasteiger partial charge in [0.25, 0.3) is 0 Å². The molecule has 55 heavy (non-hydrogen) atoms. The van der Waals surface area contributed by atoms with Crippen molar-refractivity contribution in [1.29, 1.82) is 0 Å². The molecule has 0 fully saturated rings. The third-order valence-electron chi connectivity index (χ3n) is 7.87. The first kappa shape index (κ1) is 41.2. The van der Waals surface area contributed by atoms with E-state index in [4.69, 9.17) is 0 Å². The lowest BCUT2D eigenvalue weighted by Gasteiger charge is -2.22. The zero-order chi connectivity index (χ0) is 41.8. The fourth-order valence-electron chi connectivity index (χ4n) is 5.82. The summed E-state index contributed by atoms with van der Waals surface area (Å²) in [7, 11) is 0. The molecule has 0 spiro atoms. The Labute approximate surface area is 291 Å². The number of nitrogens with zero attached hydrogens (tertiary/aromatic N) is 2. The van der Waals surface area contributed by atoms with Crippen LogP contribution in [0, 0.1) is 6.92 Å². The van der Waals surface area contributed by atoms with Crippen molar-refractivity contribution in [2.45, 2.75) is 50.2 Å². The summed E-state index contributed by atoms with van der Waals surface area (Å²) >= 11 is 0. The van der Waals surface area contributed by atoms with Crippen LogP contribution in [-0.2, 0) is 18.5 Å². The molecule has 0 bridgehead atoms. The van der Waals surface area contributed by atoms with Gasteiger partial charge in [0.1, 0.15) is 11.1 Å². The van der Waals surface area contributed by atoms with E-state index >= 15 is 0 Å². The molecule has 3 aromatic rings. The van der Waals surface area contributed by atoms with Gasteiger partial charge in [-0.05, 0) is 37.3 Å². The summed E-state index contributed by atoms with van der Waals surface area (Å²) in [5.74, 6) is 0. The first-order chi connectivity index (χ1) is 24.6. The van der Waals surface area contributed by atoms with Crippen molar-refractivity contribution in [3.8, 4) is 0 Å². The zero-order valence-electron chi connectivity index (χ0n) is 26.0. The SMILES string of the molecule is Cc1ccc(C2=Nc3cc4c(cc3C2=C(C(F)(F)F)C(F)(F)F)N=C(c2ccc(C(F)(F)F)cc2C(F)(F)F)C4=C(C(F)(F)F)C(F)(F)F)c(C(F)(F)F)c1. The molecule has 23 heteroatoms. The van der Waals surface area contributed by atoms with Gasteiger partial charge in [-0.1, -0.05) is 23.8 Å². The molecule has 0 N–H and O–H groups in total. The second kappa shape index (κ2) is 12.5. The minimum atomic E-state index is -6.61. The van der Waals surface area contributed by atoms with Gasteiger partial charge in [-0.25, -0.2) is 9.98 Å². The van der Waals surface area contributed by atoms with E-state index < -0.39 is 133 Å². The molecule has 3 aromatic carbocycles. The van der Waals surface area contributed by atoms with Crippen LogP contribution in [0.2, 0.25) is 0 Å². The van der Waals surface area contributed by atoms with Crippen molar-refractivity contribution in [2.75, 3.05) is 0 Å². The van der Waals surface area contributed by atoms with Crippen LogP contribution in [0.4, 0.5) is 104 Å². The molecule has 0 saturated carbocycles. The molecule has 0 radical (unpaired) electrons. The Kier molecular flexibility index (Phi) is 9.37. The van der Waals surface area contributed by atoms with E-state index in [0.29, 0.717) is 6.07 Å². The zero-order valence-corrected chi connectivity index (χ0v) is 26.0. The number of halogens is 21. The van der Waals surface area contributed by atoms with Gasteiger partial charge in [-0.3, -0.25) is 0 Å². The monoisotopic (exact) mass is 822 g/mol. The first-order valence-electron chi connectivity index (χ1n) is 14.2. The minimum Gasteiger partial charge on any atom is -0.247 e. The summed E-state index contributed by atoms with van der Waals surface area (Å²) in [6.07, 6.45) is -43.3. The van der Waals surface area contributed by atoms with Crippen LogP contribution in [0.5, 0.6) is 0 Å². The lowest BCUT2D eigenvalue weighted by molar-refractivity contribution is -0.172. The van der Waals surface area contributed by atoms with E-state index in [9.17, 15) is 92.2 Å². The minimum absolute atomic E-state index is 0.0792. The van der Waals surface area contributed by atoms with E-state index in [1.54, 1.807) is 0 Å². The van der Waals surface area contributed by atoms with E-state index in [1.165, 1.54) is 0 Å². The Bertz CT molecular complexity index is 2180. The normalized spacial score (nSPS) is 15.6. The molecular formula is C32H11F21N2. The molecule has 0 amide bonds. The van der Waals surface area contributed by atoms with E-state index in [1.807, 2.05) is 0 Å². The van der Waals surface area contributed by atoms with E-state index in [2.05, 4.69) is 9.98 Å². The predicted molar refractivity (Wildman–Crippen MR) is 150 cm³/mol. The van der Waals surface area contributed by atoms with Crippen LogP contribution in [0.15, 0.2) is 69.7 Å². The Morgan fingerprint density at radius 2 is 0.745 bits per heavy atom. The summed E-state index contributed by atoms with van der Waals surface area (Å²) in [5.41, 5.74) is -31.8. The van der Waals surface area contributed by atoms with Crippen LogP contribution >= 0.6 is 0 Å². The van der Waals surface area contributed by atoms with Gasteiger partial charge in [0, 0.05) is 33.4 Å². The first-order valence-corrected chi connectivity index (χ1v) is 14.2. The Balaban J connectivity index is 1.98. The number of hydrogen-bond donors (Lipinski definition) is 0. The van der Waals surface area contributed by atoms with Crippen molar-refractivity contribution in [1.82, 2.24) is 0 Å². The quantitative estimate of drug-likeness (QED) is 0.230. The molecule has 0 aromatic heterocycles. The largest absolute Gasteiger partial charge is 0.422 e. The summed E-state index contributed by atoms with van der Waals surface area (Å²) < 4.78 is 295. The third-order valence-corrected chi connectivity index (χ3v) is 7.87. The van der Waals surface area contributed by atoms with Gasteiger partial charge in [0.15, 0.2) is 0 Å². The summed E-state index contributed by atoms with van der Waals surface area (Å²) in [6.45, 7) is 1.03. The number of benzene rings is 3. The highest BCUT2D eigenvalue weighted by Gasteiger charge is 2.57. The number of aryl methyl sites for hydroxylation is 1. The molecule has 0 atom stereocenters. The van der Waals surface area contributed by atoms with Gasteiger partial charge in [0.05, 0.1) is 39.5 Å².